The molecule has 4 heteroatoms. The number of likely N-dealkylation sites (N-methyl/N-ethyl adjacent to an activating group) is 1. The van der Waals surface area contributed by atoms with Gasteiger partial charge in [0.25, 0.3) is 0 Å². The maximum absolute atomic E-state index is 12.2. The van der Waals surface area contributed by atoms with E-state index in [4.69, 9.17) is 10.5 Å². The first kappa shape index (κ1) is 16.5. The number of hydrogen-bond acceptors (Lipinski definition) is 3. The van der Waals surface area contributed by atoms with E-state index >= 15 is 0 Å². The zero-order valence-electron chi connectivity index (χ0n) is 13.0. The molecule has 4 nitrogen and oxygen atoms in total. The number of ether oxygens (including phenoxy) is 1. The molecule has 2 N–H and O–H groups in total. The van der Waals surface area contributed by atoms with Crippen LogP contribution in [0.15, 0.2) is 24.3 Å². The van der Waals surface area contributed by atoms with Gasteiger partial charge in [0.15, 0.2) is 0 Å². The second-order valence-corrected chi connectivity index (χ2v) is 5.87. The lowest BCUT2D eigenvalue weighted by molar-refractivity contribution is -0.130. The Morgan fingerprint density at radius 1 is 1.30 bits per heavy atom. The van der Waals surface area contributed by atoms with Gasteiger partial charge in [0.1, 0.15) is 5.75 Å². The molecule has 20 heavy (non-hydrogen) atoms. The van der Waals surface area contributed by atoms with Gasteiger partial charge in [0, 0.05) is 13.6 Å². The topological polar surface area (TPSA) is 55.6 Å². The van der Waals surface area contributed by atoms with Gasteiger partial charge < -0.3 is 15.4 Å². The van der Waals surface area contributed by atoms with Crippen molar-refractivity contribution >= 4 is 5.91 Å². The van der Waals surface area contributed by atoms with Crippen LogP contribution >= 0.6 is 0 Å². The summed E-state index contributed by atoms with van der Waals surface area (Å²) in [6.07, 6.45) is 0.406. The summed E-state index contributed by atoms with van der Waals surface area (Å²) < 4.78 is 5.38. The van der Waals surface area contributed by atoms with Crippen molar-refractivity contribution in [2.75, 3.05) is 26.7 Å². The monoisotopic (exact) mass is 278 g/mol. The summed E-state index contributed by atoms with van der Waals surface area (Å²) in [7, 11) is 1.83. The van der Waals surface area contributed by atoms with E-state index in [1.807, 2.05) is 38.2 Å². The predicted molar refractivity (Wildman–Crippen MR) is 81.8 cm³/mol. The molecular weight excluding hydrogens is 252 g/mol. The Morgan fingerprint density at radius 3 is 2.40 bits per heavy atom. The molecule has 0 aliphatic heterocycles. The van der Waals surface area contributed by atoms with E-state index in [1.165, 1.54) is 0 Å². The van der Waals surface area contributed by atoms with Crippen molar-refractivity contribution in [3.8, 4) is 5.75 Å². The van der Waals surface area contributed by atoms with Crippen molar-refractivity contribution in [3.05, 3.63) is 29.8 Å². The first-order valence-electron chi connectivity index (χ1n) is 7.03. The molecule has 0 saturated heterocycles. The van der Waals surface area contributed by atoms with Crippen molar-refractivity contribution < 1.29 is 9.53 Å². The zero-order chi connectivity index (χ0) is 15.2. The van der Waals surface area contributed by atoms with Gasteiger partial charge in [-0.15, -0.1) is 0 Å². The minimum absolute atomic E-state index is 0.0523. The molecule has 1 amide bonds. The van der Waals surface area contributed by atoms with Gasteiger partial charge in [-0.2, -0.15) is 0 Å². The number of carbonyl (C=O) groups is 1. The minimum Gasteiger partial charge on any atom is -0.494 e. The van der Waals surface area contributed by atoms with Gasteiger partial charge in [0.05, 0.1) is 13.0 Å². The van der Waals surface area contributed by atoms with Crippen LogP contribution in [0.2, 0.25) is 0 Å². The third kappa shape index (κ3) is 5.21. The smallest absolute Gasteiger partial charge is 0.226 e. The van der Waals surface area contributed by atoms with Crippen LogP contribution in [-0.2, 0) is 11.2 Å². The summed E-state index contributed by atoms with van der Waals surface area (Å²) in [4.78, 5) is 13.9. The zero-order valence-corrected chi connectivity index (χ0v) is 13.0. The molecule has 0 bridgehead atoms. The van der Waals surface area contributed by atoms with Crippen molar-refractivity contribution in [1.29, 1.82) is 0 Å². The number of hydrogen-bond donors (Lipinski definition) is 1. The number of benzene rings is 1. The highest BCUT2D eigenvalue weighted by Gasteiger charge is 2.21. The fourth-order valence-corrected chi connectivity index (χ4v) is 1.97. The maximum Gasteiger partial charge on any atom is 0.226 e. The predicted octanol–water partition coefficient (Wildman–Crippen LogP) is 2.07. The number of carbonyl (C=O) groups excluding carboxylic acids is 1. The van der Waals surface area contributed by atoms with E-state index in [-0.39, 0.29) is 11.3 Å². The van der Waals surface area contributed by atoms with E-state index < -0.39 is 0 Å². The molecule has 112 valence electrons. The van der Waals surface area contributed by atoms with Crippen LogP contribution in [0.4, 0.5) is 0 Å². The molecule has 0 aliphatic carbocycles. The van der Waals surface area contributed by atoms with Gasteiger partial charge in [-0.25, -0.2) is 0 Å². The van der Waals surface area contributed by atoms with Gasteiger partial charge in [-0.05, 0) is 36.6 Å². The summed E-state index contributed by atoms with van der Waals surface area (Å²) in [6, 6.07) is 7.67. The van der Waals surface area contributed by atoms with Crippen LogP contribution in [0.25, 0.3) is 0 Å². The number of amides is 1. The minimum atomic E-state index is -0.0523. The molecule has 0 spiro atoms. The Hall–Kier alpha value is -1.55. The molecular formula is C16H26N2O2. The highest BCUT2D eigenvalue weighted by Crippen LogP contribution is 2.16. The third-order valence-electron chi connectivity index (χ3n) is 3.23. The molecule has 0 aliphatic rings. The standard InChI is InChI=1S/C16H26N2O2/c1-5-20-14-8-6-13(7-9-14)10-15(19)18(4)12-16(2,3)11-17/h6-9H,5,10-12,17H2,1-4H3. The average Bonchev–Trinajstić information content (AvgIpc) is 2.41. The molecule has 0 fully saturated rings. The average molecular weight is 278 g/mol. The quantitative estimate of drug-likeness (QED) is 0.830. The molecule has 1 aromatic carbocycles. The number of nitrogens with zero attached hydrogens (tertiary/aromatic N) is 1. The highest BCUT2D eigenvalue weighted by molar-refractivity contribution is 5.78. The lowest BCUT2D eigenvalue weighted by Gasteiger charge is -2.29. The van der Waals surface area contributed by atoms with Crippen LogP contribution in [0, 0.1) is 5.41 Å². The summed E-state index contributed by atoms with van der Waals surface area (Å²) in [5, 5.41) is 0. The second-order valence-electron chi connectivity index (χ2n) is 5.87. The summed E-state index contributed by atoms with van der Waals surface area (Å²) >= 11 is 0. The SMILES string of the molecule is CCOc1ccc(CC(=O)N(C)CC(C)(C)CN)cc1. The Kier molecular flexibility index (Phi) is 6.02. The highest BCUT2D eigenvalue weighted by atomic mass is 16.5. The maximum atomic E-state index is 12.2. The van der Waals surface area contributed by atoms with E-state index in [9.17, 15) is 4.79 Å². The fourth-order valence-electron chi connectivity index (χ4n) is 1.97. The first-order chi connectivity index (χ1) is 9.38. The Morgan fingerprint density at radius 2 is 1.90 bits per heavy atom. The van der Waals surface area contributed by atoms with E-state index in [0.29, 0.717) is 26.1 Å². The fraction of sp³-hybridized carbons (Fsp3) is 0.562. The molecule has 0 unspecified atom stereocenters. The summed E-state index contributed by atoms with van der Waals surface area (Å²) in [5.41, 5.74) is 6.64. The Labute approximate surface area is 121 Å². The number of rotatable bonds is 7. The Bertz CT molecular complexity index is 427. The van der Waals surface area contributed by atoms with Crippen molar-refractivity contribution in [3.63, 3.8) is 0 Å². The lowest BCUT2D eigenvalue weighted by Crippen LogP contribution is -2.40. The lowest BCUT2D eigenvalue weighted by atomic mass is 9.93. The first-order valence-corrected chi connectivity index (χ1v) is 7.03. The van der Waals surface area contributed by atoms with E-state index in [1.54, 1.807) is 4.90 Å². The number of nitrogens with two attached hydrogens (primary N) is 1. The van der Waals surface area contributed by atoms with Crippen LogP contribution < -0.4 is 10.5 Å². The molecule has 0 aromatic heterocycles. The molecule has 1 rings (SSSR count). The third-order valence-corrected chi connectivity index (χ3v) is 3.23. The summed E-state index contributed by atoms with van der Waals surface area (Å²) in [6.45, 7) is 7.95. The van der Waals surface area contributed by atoms with Crippen molar-refractivity contribution in [2.24, 2.45) is 11.1 Å². The largest absolute Gasteiger partial charge is 0.494 e. The van der Waals surface area contributed by atoms with Crippen LogP contribution in [0.1, 0.15) is 26.3 Å². The molecule has 1 aromatic rings. The van der Waals surface area contributed by atoms with Gasteiger partial charge in [0.2, 0.25) is 5.91 Å². The van der Waals surface area contributed by atoms with E-state index in [2.05, 4.69) is 13.8 Å². The van der Waals surface area contributed by atoms with E-state index in [0.717, 1.165) is 11.3 Å². The Balaban J connectivity index is 2.57. The van der Waals surface area contributed by atoms with Crippen molar-refractivity contribution in [2.45, 2.75) is 27.2 Å². The second kappa shape index (κ2) is 7.29. The van der Waals surface area contributed by atoms with Gasteiger partial charge in [-0.1, -0.05) is 26.0 Å². The van der Waals surface area contributed by atoms with Gasteiger partial charge in [-0.3, -0.25) is 4.79 Å². The van der Waals surface area contributed by atoms with Gasteiger partial charge >= 0.3 is 0 Å². The molecule has 0 heterocycles. The van der Waals surface area contributed by atoms with Crippen LogP contribution in [-0.4, -0.2) is 37.6 Å². The normalized spacial score (nSPS) is 11.2. The van der Waals surface area contributed by atoms with Crippen molar-refractivity contribution in [1.82, 2.24) is 4.90 Å². The summed E-state index contributed by atoms with van der Waals surface area (Å²) in [5.74, 6) is 0.942. The molecule has 0 atom stereocenters. The molecule has 0 radical (unpaired) electrons. The molecule has 0 saturated carbocycles. The van der Waals surface area contributed by atoms with Crippen LogP contribution in [0.5, 0.6) is 5.75 Å². The van der Waals surface area contributed by atoms with Crippen LogP contribution in [0.3, 0.4) is 0 Å².